The molecule has 2 aliphatic carbocycles. The highest BCUT2D eigenvalue weighted by Gasteiger charge is 2.31. The van der Waals surface area contributed by atoms with Crippen LogP contribution < -0.4 is 10.6 Å². The number of nitrogens with zero attached hydrogens (tertiary/aromatic N) is 4. The van der Waals surface area contributed by atoms with Gasteiger partial charge in [-0.2, -0.15) is 0 Å². The number of hydrogen-bond donors (Lipinski definition) is 2. The van der Waals surface area contributed by atoms with Gasteiger partial charge in [-0.05, 0) is 83.0 Å². The Hall–Kier alpha value is -5.76. The van der Waals surface area contributed by atoms with E-state index in [9.17, 15) is 19.2 Å². The zero-order valence-corrected chi connectivity index (χ0v) is 39.3. The first-order chi connectivity index (χ1) is 32.7. The molecule has 4 aromatic carbocycles. The van der Waals surface area contributed by atoms with E-state index in [-0.39, 0.29) is 49.1 Å². The van der Waals surface area contributed by atoms with Crippen molar-refractivity contribution in [1.29, 1.82) is 0 Å². The fourth-order valence-corrected chi connectivity index (χ4v) is 10.3. The standard InChI is InChI=1S/C54H68N6O7/c1-57(29-11-27-55-53(63)65-37-49-45-17-7-3-13-41(45)42-14-4-8-18-46(42)49)51(61)25-35-59-31-21-39(22-32-59)67-40-23-33-60(34-24-40)36-26-52(62)58(2)30-12-28-56-54(64)66-38-50-47-19-9-5-15-43(47)44-16-6-10-20-48(44)50/h3-10,13-20,39-40,49-50H,11-12,21-38H2,1-2H3,(H,55,63)(H,56,64). The molecule has 0 atom stereocenters. The van der Waals surface area contributed by atoms with Crippen molar-refractivity contribution >= 4 is 24.0 Å². The molecule has 0 saturated carbocycles. The molecule has 4 aromatic rings. The van der Waals surface area contributed by atoms with Gasteiger partial charge in [-0.1, -0.05) is 97.1 Å². The zero-order chi connectivity index (χ0) is 46.5. The van der Waals surface area contributed by atoms with Crippen LogP contribution in [0.3, 0.4) is 0 Å². The Kier molecular flexibility index (Phi) is 16.6. The Morgan fingerprint density at radius 1 is 0.522 bits per heavy atom. The molecule has 0 bridgehead atoms. The molecule has 2 fully saturated rings. The lowest BCUT2D eigenvalue weighted by atomic mass is 9.98. The molecule has 2 heterocycles. The van der Waals surface area contributed by atoms with Gasteiger partial charge in [0, 0.05) is 104 Å². The molecular formula is C54H68N6O7. The number of carbonyl (C=O) groups excluding carboxylic acids is 4. The van der Waals surface area contributed by atoms with E-state index in [0.29, 0.717) is 51.9 Å². The number of carbonyl (C=O) groups is 4. The average molecular weight is 913 g/mol. The van der Waals surface area contributed by atoms with E-state index >= 15 is 0 Å². The molecule has 4 aliphatic rings. The van der Waals surface area contributed by atoms with E-state index in [1.165, 1.54) is 44.5 Å². The highest BCUT2D eigenvalue weighted by molar-refractivity contribution is 5.80. The Morgan fingerprint density at radius 3 is 1.19 bits per heavy atom. The van der Waals surface area contributed by atoms with Gasteiger partial charge in [-0.15, -0.1) is 0 Å². The minimum Gasteiger partial charge on any atom is -0.449 e. The van der Waals surface area contributed by atoms with Crippen molar-refractivity contribution in [3.05, 3.63) is 119 Å². The molecule has 2 aliphatic heterocycles. The Bertz CT molecular complexity index is 2060. The summed E-state index contributed by atoms with van der Waals surface area (Å²) in [5.41, 5.74) is 9.53. The van der Waals surface area contributed by atoms with Gasteiger partial charge in [0.2, 0.25) is 11.8 Å². The summed E-state index contributed by atoms with van der Waals surface area (Å²) < 4.78 is 17.9. The maximum atomic E-state index is 12.9. The monoisotopic (exact) mass is 913 g/mol. The van der Waals surface area contributed by atoms with Crippen molar-refractivity contribution in [1.82, 2.24) is 30.2 Å². The van der Waals surface area contributed by atoms with E-state index in [1.807, 2.05) is 62.6 Å². The Balaban J connectivity index is 0.617. The molecule has 13 heteroatoms. The summed E-state index contributed by atoms with van der Waals surface area (Å²) >= 11 is 0. The van der Waals surface area contributed by atoms with Crippen molar-refractivity contribution in [3.63, 3.8) is 0 Å². The van der Waals surface area contributed by atoms with Gasteiger partial charge < -0.3 is 44.4 Å². The largest absolute Gasteiger partial charge is 0.449 e. The lowest BCUT2D eigenvalue weighted by molar-refractivity contribution is -0.131. The third-order valence-corrected chi connectivity index (χ3v) is 14.2. The lowest BCUT2D eigenvalue weighted by Crippen LogP contribution is -2.43. The van der Waals surface area contributed by atoms with Gasteiger partial charge in [0.25, 0.3) is 0 Å². The molecular weight excluding hydrogens is 845 g/mol. The number of amides is 4. The predicted octanol–water partition coefficient (Wildman–Crippen LogP) is 7.49. The number of nitrogens with one attached hydrogen (secondary N) is 2. The quantitative estimate of drug-likeness (QED) is 0.0867. The zero-order valence-electron chi connectivity index (χ0n) is 39.3. The van der Waals surface area contributed by atoms with Crippen LogP contribution in [0.2, 0.25) is 0 Å². The molecule has 8 rings (SSSR count). The second kappa shape index (κ2) is 23.3. The minimum absolute atomic E-state index is 0.0234. The fraction of sp³-hybridized carbons (Fsp3) is 0.481. The molecule has 0 spiro atoms. The first kappa shape index (κ1) is 47.7. The molecule has 2 N–H and O–H groups in total. The molecule has 67 heavy (non-hydrogen) atoms. The molecule has 0 unspecified atom stereocenters. The first-order valence-electron chi connectivity index (χ1n) is 24.5. The Morgan fingerprint density at radius 2 is 0.851 bits per heavy atom. The van der Waals surface area contributed by atoms with E-state index in [0.717, 1.165) is 65.0 Å². The van der Waals surface area contributed by atoms with Crippen LogP contribution in [0, 0.1) is 0 Å². The van der Waals surface area contributed by atoms with Crippen LogP contribution in [-0.2, 0) is 23.8 Å². The molecule has 356 valence electrons. The lowest BCUT2D eigenvalue weighted by Gasteiger charge is -2.37. The normalized spacial score (nSPS) is 16.4. The van der Waals surface area contributed by atoms with Crippen molar-refractivity contribution in [2.24, 2.45) is 0 Å². The topological polar surface area (TPSA) is 133 Å². The van der Waals surface area contributed by atoms with Gasteiger partial charge in [0.1, 0.15) is 13.2 Å². The van der Waals surface area contributed by atoms with Crippen molar-refractivity contribution in [2.45, 2.75) is 75.4 Å². The van der Waals surface area contributed by atoms with Crippen LogP contribution in [0.4, 0.5) is 9.59 Å². The van der Waals surface area contributed by atoms with Gasteiger partial charge in [-0.3, -0.25) is 9.59 Å². The predicted molar refractivity (Wildman–Crippen MR) is 260 cm³/mol. The summed E-state index contributed by atoms with van der Waals surface area (Å²) in [7, 11) is 3.66. The van der Waals surface area contributed by atoms with Crippen LogP contribution in [0.1, 0.15) is 85.5 Å². The number of rotatable bonds is 20. The van der Waals surface area contributed by atoms with E-state index in [2.05, 4.69) is 69.0 Å². The third kappa shape index (κ3) is 12.4. The number of piperidine rings is 2. The summed E-state index contributed by atoms with van der Waals surface area (Å²) in [6, 6.07) is 33.2. The summed E-state index contributed by atoms with van der Waals surface area (Å²) in [6.45, 7) is 7.73. The molecule has 0 radical (unpaired) electrons. The second-order valence-corrected chi connectivity index (χ2v) is 18.6. The number of alkyl carbamates (subject to hydrolysis) is 2. The number of fused-ring (bicyclic) bond motifs is 6. The second-order valence-electron chi connectivity index (χ2n) is 18.6. The SMILES string of the molecule is CN(CCCNC(=O)OCC1c2ccccc2-c2ccccc21)C(=O)CCN1CCC(OC2CCN(CCC(=O)N(C)CCCNC(=O)OCC3c4ccccc4-c4ccccc43)CC2)CC1. The van der Waals surface area contributed by atoms with Crippen LogP contribution >= 0.6 is 0 Å². The number of hydrogen-bond acceptors (Lipinski definition) is 9. The van der Waals surface area contributed by atoms with Gasteiger partial charge >= 0.3 is 12.2 Å². The van der Waals surface area contributed by atoms with Crippen LogP contribution in [0.25, 0.3) is 22.3 Å². The Labute approximate surface area is 396 Å². The van der Waals surface area contributed by atoms with Crippen molar-refractivity contribution < 1.29 is 33.4 Å². The number of likely N-dealkylation sites (tertiary alicyclic amines) is 2. The molecule has 13 nitrogen and oxygen atoms in total. The fourth-order valence-electron chi connectivity index (χ4n) is 10.3. The van der Waals surface area contributed by atoms with Gasteiger partial charge in [0.05, 0.1) is 12.2 Å². The maximum Gasteiger partial charge on any atom is 0.407 e. The van der Waals surface area contributed by atoms with Crippen molar-refractivity contribution in [3.8, 4) is 22.3 Å². The summed E-state index contributed by atoms with van der Waals surface area (Å²) in [5, 5.41) is 5.71. The highest BCUT2D eigenvalue weighted by Crippen LogP contribution is 2.45. The summed E-state index contributed by atoms with van der Waals surface area (Å²) in [6.07, 6.45) is 5.72. The molecule has 0 aromatic heterocycles. The molecule has 4 amide bonds. The maximum absolute atomic E-state index is 12.9. The van der Waals surface area contributed by atoms with Crippen molar-refractivity contribution in [2.75, 3.05) is 92.8 Å². The van der Waals surface area contributed by atoms with Crippen LogP contribution in [-0.4, -0.2) is 149 Å². The summed E-state index contributed by atoms with van der Waals surface area (Å²) in [5.74, 6) is 0.269. The van der Waals surface area contributed by atoms with Crippen LogP contribution in [0.15, 0.2) is 97.1 Å². The first-order valence-corrected chi connectivity index (χ1v) is 24.5. The summed E-state index contributed by atoms with van der Waals surface area (Å²) in [4.78, 5) is 59.2. The third-order valence-electron chi connectivity index (χ3n) is 14.2. The van der Waals surface area contributed by atoms with Gasteiger partial charge in [0.15, 0.2) is 0 Å². The smallest absolute Gasteiger partial charge is 0.407 e. The van der Waals surface area contributed by atoms with Gasteiger partial charge in [-0.25, -0.2) is 9.59 Å². The number of ether oxygens (including phenoxy) is 3. The molecule has 2 saturated heterocycles. The van der Waals surface area contributed by atoms with E-state index in [1.54, 1.807) is 9.80 Å². The number of benzene rings is 4. The highest BCUT2D eigenvalue weighted by atomic mass is 16.6. The average Bonchev–Trinajstić information content (AvgIpc) is 3.86. The van der Waals surface area contributed by atoms with E-state index in [4.69, 9.17) is 14.2 Å². The van der Waals surface area contributed by atoms with E-state index < -0.39 is 12.2 Å². The van der Waals surface area contributed by atoms with Crippen LogP contribution in [0.5, 0.6) is 0 Å². The minimum atomic E-state index is -0.435.